The number of nitrogens with one attached hydrogen (secondary N) is 2. The van der Waals surface area contributed by atoms with Crippen molar-refractivity contribution in [2.24, 2.45) is 0 Å². The van der Waals surface area contributed by atoms with E-state index in [1.807, 2.05) is 12.1 Å². The molecule has 0 radical (unpaired) electrons. The Morgan fingerprint density at radius 1 is 0.900 bits per heavy atom. The molecule has 2 aromatic carbocycles. The van der Waals surface area contributed by atoms with Gasteiger partial charge in [-0.1, -0.05) is 36.4 Å². The molecule has 8 heteroatoms. The maximum absolute atomic E-state index is 13.0. The van der Waals surface area contributed by atoms with Gasteiger partial charge < -0.3 is 10.6 Å². The molecule has 0 unspecified atom stereocenters. The Hall–Kier alpha value is -3.91. The van der Waals surface area contributed by atoms with E-state index < -0.39 is 17.7 Å². The van der Waals surface area contributed by atoms with Crippen molar-refractivity contribution in [3.63, 3.8) is 0 Å². The van der Waals surface area contributed by atoms with Crippen LogP contribution in [0.3, 0.4) is 0 Å². The fourth-order valence-corrected chi connectivity index (χ4v) is 3.71. The number of thiophene rings is 1. The largest absolute Gasteiger partial charge is 0.325 e. The maximum Gasteiger partial charge on any atom is 0.244 e. The van der Waals surface area contributed by atoms with Gasteiger partial charge in [0.05, 0.1) is 4.88 Å². The molecule has 0 aliphatic carbocycles. The van der Waals surface area contributed by atoms with E-state index >= 15 is 0 Å². The molecule has 7 nitrogen and oxygen atoms in total. The molecule has 0 saturated heterocycles. The third-order valence-electron chi connectivity index (χ3n) is 4.29. The first kappa shape index (κ1) is 19.4. The third kappa shape index (κ3) is 4.23. The lowest BCUT2D eigenvalue weighted by atomic mass is 10.1. The van der Waals surface area contributed by atoms with Crippen LogP contribution in [-0.4, -0.2) is 28.1 Å². The number of benzene rings is 2. The van der Waals surface area contributed by atoms with Crippen LogP contribution in [0.25, 0.3) is 10.2 Å². The quantitative estimate of drug-likeness (QED) is 0.367. The molecule has 2 aromatic heterocycles. The van der Waals surface area contributed by atoms with E-state index in [9.17, 15) is 14.4 Å². The molecule has 0 aliphatic rings. The Morgan fingerprint density at radius 3 is 2.00 bits per heavy atom. The van der Waals surface area contributed by atoms with E-state index in [2.05, 4.69) is 20.6 Å². The van der Waals surface area contributed by atoms with Crippen molar-refractivity contribution in [3.05, 3.63) is 83.6 Å². The first-order valence-electron chi connectivity index (χ1n) is 9.07. The average Bonchev–Trinajstić information content (AvgIpc) is 3.18. The second-order valence-electron chi connectivity index (χ2n) is 6.40. The number of aldehydes is 1. The Kier molecular flexibility index (Phi) is 5.58. The highest BCUT2D eigenvalue weighted by molar-refractivity contribution is 7.20. The number of carbonyl (C=O) groups excluding carboxylic acids is 3. The van der Waals surface area contributed by atoms with Crippen LogP contribution in [0, 0.1) is 0 Å². The van der Waals surface area contributed by atoms with E-state index in [0.29, 0.717) is 26.5 Å². The van der Waals surface area contributed by atoms with Gasteiger partial charge in [0.15, 0.2) is 18.0 Å². The number of para-hydroxylation sites is 2. The second-order valence-corrected chi connectivity index (χ2v) is 7.46. The molecule has 0 aliphatic heterocycles. The Morgan fingerprint density at radius 2 is 1.47 bits per heavy atom. The van der Waals surface area contributed by atoms with Crippen molar-refractivity contribution in [1.29, 1.82) is 0 Å². The number of hydrogen-bond donors (Lipinski definition) is 2. The molecule has 0 fully saturated rings. The zero-order valence-electron chi connectivity index (χ0n) is 15.6. The van der Waals surface area contributed by atoms with Crippen LogP contribution in [0.15, 0.2) is 72.9 Å². The summed E-state index contributed by atoms with van der Waals surface area (Å²) in [6, 6.07) is 19.4. The van der Waals surface area contributed by atoms with Crippen molar-refractivity contribution >= 4 is 51.0 Å². The highest BCUT2D eigenvalue weighted by Gasteiger charge is 2.32. The Bertz CT molecular complexity index is 1160. The number of carbonyl (C=O) groups is 3. The summed E-state index contributed by atoms with van der Waals surface area (Å²) in [5, 5.41) is 6.16. The molecule has 2 N–H and O–H groups in total. The summed E-state index contributed by atoms with van der Waals surface area (Å²) in [5.74, 6) is -2.33. The van der Waals surface area contributed by atoms with Crippen molar-refractivity contribution in [1.82, 2.24) is 9.97 Å². The van der Waals surface area contributed by atoms with Gasteiger partial charge in [-0.05, 0) is 30.3 Å². The summed E-state index contributed by atoms with van der Waals surface area (Å²) >= 11 is 1.18. The third-order valence-corrected chi connectivity index (χ3v) is 5.26. The van der Waals surface area contributed by atoms with Crippen molar-refractivity contribution in [2.75, 3.05) is 10.6 Å². The Labute approximate surface area is 175 Å². The predicted octanol–water partition coefficient (Wildman–Crippen LogP) is 3.86. The lowest BCUT2D eigenvalue weighted by Crippen LogP contribution is -2.33. The van der Waals surface area contributed by atoms with Crippen LogP contribution in [0.5, 0.6) is 0 Å². The lowest BCUT2D eigenvalue weighted by molar-refractivity contribution is -0.126. The van der Waals surface area contributed by atoms with Crippen LogP contribution in [-0.2, 0) is 9.59 Å². The van der Waals surface area contributed by atoms with E-state index in [4.69, 9.17) is 0 Å². The molecule has 4 rings (SSSR count). The molecule has 4 aromatic rings. The SMILES string of the molecule is O=Cc1cc2cnc(C(C(=O)Nc3ccccc3)C(=O)Nc3ccccc3)nc2s1. The number of nitrogens with zero attached hydrogens (tertiary/aromatic N) is 2. The molecule has 0 bridgehead atoms. The molecule has 0 spiro atoms. The zero-order valence-corrected chi connectivity index (χ0v) is 16.4. The number of anilines is 2. The molecule has 0 atom stereocenters. The molecular formula is C22H16N4O3S. The number of aromatic nitrogens is 2. The molecule has 148 valence electrons. The zero-order chi connectivity index (χ0) is 20.9. The summed E-state index contributed by atoms with van der Waals surface area (Å²) in [5.41, 5.74) is 1.11. The molecular weight excluding hydrogens is 400 g/mol. The summed E-state index contributed by atoms with van der Waals surface area (Å²) < 4.78 is 0. The van der Waals surface area contributed by atoms with Gasteiger partial charge in [0.2, 0.25) is 11.8 Å². The lowest BCUT2D eigenvalue weighted by Gasteiger charge is -2.16. The van der Waals surface area contributed by atoms with Gasteiger partial charge in [-0.15, -0.1) is 11.3 Å². The fraction of sp³-hybridized carbons (Fsp3) is 0.0455. The van der Waals surface area contributed by atoms with Gasteiger partial charge in [0.1, 0.15) is 4.83 Å². The highest BCUT2D eigenvalue weighted by Crippen LogP contribution is 2.25. The van der Waals surface area contributed by atoms with Crippen LogP contribution in [0.1, 0.15) is 21.4 Å². The summed E-state index contributed by atoms with van der Waals surface area (Å²) in [7, 11) is 0. The van der Waals surface area contributed by atoms with Crippen molar-refractivity contribution < 1.29 is 14.4 Å². The number of fused-ring (bicyclic) bond motifs is 1. The van der Waals surface area contributed by atoms with E-state index in [1.54, 1.807) is 54.6 Å². The molecule has 30 heavy (non-hydrogen) atoms. The van der Waals surface area contributed by atoms with Gasteiger partial charge in [0.25, 0.3) is 0 Å². The van der Waals surface area contributed by atoms with Gasteiger partial charge in [-0.3, -0.25) is 14.4 Å². The molecule has 0 saturated carbocycles. The summed E-state index contributed by atoms with van der Waals surface area (Å²) in [6.45, 7) is 0. The standard InChI is InChI=1S/C22H16N4O3S/c27-13-17-11-14-12-23-19(26-22(14)30-17)18(20(28)24-15-7-3-1-4-8-15)21(29)25-16-9-5-2-6-10-16/h1-13,18H,(H,24,28)(H,25,29). The predicted molar refractivity (Wildman–Crippen MR) is 116 cm³/mol. The Balaban J connectivity index is 1.69. The van der Waals surface area contributed by atoms with Crippen molar-refractivity contribution in [3.8, 4) is 0 Å². The average molecular weight is 416 g/mol. The van der Waals surface area contributed by atoms with Crippen LogP contribution in [0.4, 0.5) is 11.4 Å². The monoisotopic (exact) mass is 416 g/mol. The van der Waals surface area contributed by atoms with E-state index in [-0.39, 0.29) is 5.82 Å². The fourth-order valence-electron chi connectivity index (χ4n) is 2.89. The van der Waals surface area contributed by atoms with Crippen LogP contribution >= 0.6 is 11.3 Å². The normalized spacial score (nSPS) is 10.7. The first-order valence-corrected chi connectivity index (χ1v) is 9.89. The minimum atomic E-state index is -1.28. The van der Waals surface area contributed by atoms with E-state index in [1.165, 1.54) is 17.5 Å². The summed E-state index contributed by atoms with van der Waals surface area (Å²) in [6.07, 6.45) is 2.24. The summed E-state index contributed by atoms with van der Waals surface area (Å²) in [4.78, 5) is 46.8. The van der Waals surface area contributed by atoms with Gasteiger partial charge >= 0.3 is 0 Å². The minimum Gasteiger partial charge on any atom is -0.325 e. The smallest absolute Gasteiger partial charge is 0.244 e. The topological polar surface area (TPSA) is 101 Å². The van der Waals surface area contributed by atoms with Crippen LogP contribution < -0.4 is 10.6 Å². The maximum atomic E-state index is 13.0. The molecule has 2 amide bonds. The first-order chi connectivity index (χ1) is 14.6. The van der Waals surface area contributed by atoms with Gasteiger partial charge in [0, 0.05) is 23.0 Å². The van der Waals surface area contributed by atoms with Crippen LogP contribution in [0.2, 0.25) is 0 Å². The van der Waals surface area contributed by atoms with Crippen molar-refractivity contribution in [2.45, 2.75) is 5.92 Å². The number of hydrogen-bond acceptors (Lipinski definition) is 6. The van der Waals surface area contributed by atoms with E-state index in [0.717, 1.165) is 6.29 Å². The molecule has 2 heterocycles. The number of rotatable bonds is 6. The van der Waals surface area contributed by atoms with Gasteiger partial charge in [-0.25, -0.2) is 9.97 Å². The number of amides is 2. The second kappa shape index (κ2) is 8.62. The van der Waals surface area contributed by atoms with Gasteiger partial charge in [-0.2, -0.15) is 0 Å². The highest BCUT2D eigenvalue weighted by atomic mass is 32.1. The minimum absolute atomic E-state index is 0.0589.